The third-order valence-corrected chi connectivity index (χ3v) is 4.18. The van der Waals surface area contributed by atoms with Crippen molar-refractivity contribution in [3.8, 4) is 0 Å². The van der Waals surface area contributed by atoms with Gasteiger partial charge in [0.1, 0.15) is 0 Å². The summed E-state index contributed by atoms with van der Waals surface area (Å²) in [5, 5.41) is 3.06. The maximum atomic E-state index is 12.1. The minimum absolute atomic E-state index is 0.0621. The number of amides is 1. The van der Waals surface area contributed by atoms with Crippen LogP contribution in [0.1, 0.15) is 37.8 Å². The number of benzene rings is 1. The lowest BCUT2D eigenvalue weighted by Gasteiger charge is -2.31. The minimum Gasteiger partial charge on any atom is -0.381 e. The zero-order chi connectivity index (χ0) is 15.1. The first-order valence-electron chi connectivity index (χ1n) is 7.79. The van der Waals surface area contributed by atoms with Crippen molar-refractivity contribution >= 4 is 5.91 Å². The summed E-state index contributed by atoms with van der Waals surface area (Å²) in [6.45, 7) is 4.51. The highest BCUT2D eigenvalue weighted by Gasteiger charge is 2.19. The first-order chi connectivity index (χ1) is 10.2. The third kappa shape index (κ3) is 5.14. The van der Waals surface area contributed by atoms with Crippen molar-refractivity contribution in [2.24, 2.45) is 0 Å². The van der Waals surface area contributed by atoms with Crippen LogP contribution in [0.2, 0.25) is 0 Å². The molecule has 2 rings (SSSR count). The second-order valence-electron chi connectivity index (χ2n) is 5.77. The van der Waals surface area contributed by atoms with Crippen molar-refractivity contribution < 1.29 is 9.53 Å². The molecular formula is C17H26N2O2. The van der Waals surface area contributed by atoms with Gasteiger partial charge in [0.05, 0.1) is 6.04 Å². The zero-order valence-corrected chi connectivity index (χ0v) is 13.0. The molecule has 1 saturated heterocycles. The molecular weight excluding hydrogens is 264 g/mol. The van der Waals surface area contributed by atoms with Gasteiger partial charge in [-0.25, -0.2) is 0 Å². The quantitative estimate of drug-likeness (QED) is 0.874. The maximum absolute atomic E-state index is 12.1. The molecule has 0 aliphatic carbocycles. The van der Waals surface area contributed by atoms with Crippen LogP contribution in [-0.2, 0) is 9.53 Å². The van der Waals surface area contributed by atoms with Crippen molar-refractivity contribution in [3.05, 3.63) is 35.9 Å². The Morgan fingerprint density at radius 3 is 2.67 bits per heavy atom. The van der Waals surface area contributed by atoms with Crippen molar-refractivity contribution in [2.75, 3.05) is 26.8 Å². The van der Waals surface area contributed by atoms with Crippen LogP contribution < -0.4 is 5.32 Å². The van der Waals surface area contributed by atoms with Crippen LogP contribution in [0.3, 0.4) is 0 Å². The van der Waals surface area contributed by atoms with Crippen LogP contribution in [0.25, 0.3) is 0 Å². The standard InChI is InChI=1S/C17H26N2O2/c1-14(15-6-4-3-5-7-15)18-17(20)8-11-19(2)16-9-12-21-13-10-16/h3-7,14,16H,8-13H2,1-2H3,(H,18,20). The second-order valence-corrected chi connectivity index (χ2v) is 5.77. The minimum atomic E-state index is 0.0621. The van der Waals surface area contributed by atoms with Crippen LogP contribution in [0.5, 0.6) is 0 Å². The molecule has 1 heterocycles. The summed E-state index contributed by atoms with van der Waals surface area (Å²) in [5.74, 6) is 0.116. The SMILES string of the molecule is CC(NC(=O)CCN(C)C1CCOCC1)c1ccccc1. The number of nitrogens with one attached hydrogen (secondary N) is 1. The Morgan fingerprint density at radius 2 is 2.00 bits per heavy atom. The second kappa shape index (κ2) is 8.15. The van der Waals surface area contributed by atoms with Crippen molar-refractivity contribution in [2.45, 2.75) is 38.3 Å². The molecule has 1 aromatic rings. The van der Waals surface area contributed by atoms with Crippen LogP contribution in [0.4, 0.5) is 0 Å². The number of carbonyl (C=O) groups is 1. The summed E-state index contributed by atoms with van der Waals surface area (Å²) in [5.41, 5.74) is 1.14. The topological polar surface area (TPSA) is 41.6 Å². The predicted octanol–water partition coefficient (Wildman–Crippen LogP) is 2.36. The lowest BCUT2D eigenvalue weighted by Crippen LogP contribution is -2.39. The average molecular weight is 290 g/mol. The molecule has 1 atom stereocenters. The monoisotopic (exact) mass is 290 g/mol. The zero-order valence-electron chi connectivity index (χ0n) is 13.0. The van der Waals surface area contributed by atoms with Gasteiger partial charge in [-0.3, -0.25) is 4.79 Å². The summed E-state index contributed by atoms with van der Waals surface area (Å²) in [7, 11) is 2.10. The lowest BCUT2D eigenvalue weighted by atomic mass is 10.1. The van der Waals surface area contributed by atoms with Gasteiger partial charge in [-0.2, -0.15) is 0 Å². The molecule has 1 fully saturated rings. The van der Waals surface area contributed by atoms with E-state index in [0.717, 1.165) is 38.2 Å². The highest BCUT2D eigenvalue weighted by Crippen LogP contribution is 2.14. The summed E-state index contributed by atoms with van der Waals surface area (Å²) in [4.78, 5) is 14.3. The van der Waals surface area contributed by atoms with E-state index in [1.54, 1.807) is 0 Å². The molecule has 21 heavy (non-hydrogen) atoms. The van der Waals surface area contributed by atoms with E-state index in [-0.39, 0.29) is 11.9 Å². The smallest absolute Gasteiger partial charge is 0.221 e. The summed E-state index contributed by atoms with van der Waals surface area (Å²) in [6.07, 6.45) is 2.68. The van der Waals surface area contributed by atoms with Crippen molar-refractivity contribution in [3.63, 3.8) is 0 Å². The maximum Gasteiger partial charge on any atom is 0.221 e. The van der Waals surface area contributed by atoms with Gasteiger partial charge in [-0.1, -0.05) is 30.3 Å². The van der Waals surface area contributed by atoms with E-state index < -0.39 is 0 Å². The van der Waals surface area contributed by atoms with Crippen molar-refractivity contribution in [1.82, 2.24) is 10.2 Å². The number of hydrogen-bond acceptors (Lipinski definition) is 3. The molecule has 1 amide bonds. The molecule has 0 aromatic heterocycles. The van der Waals surface area contributed by atoms with Gasteiger partial charge in [0.2, 0.25) is 5.91 Å². The van der Waals surface area contributed by atoms with Gasteiger partial charge < -0.3 is 15.0 Å². The number of ether oxygens (including phenoxy) is 1. The average Bonchev–Trinajstić information content (AvgIpc) is 2.54. The Balaban J connectivity index is 1.71. The molecule has 1 unspecified atom stereocenters. The number of nitrogens with zero attached hydrogens (tertiary/aromatic N) is 1. The van der Waals surface area contributed by atoms with Crippen molar-refractivity contribution in [1.29, 1.82) is 0 Å². The third-order valence-electron chi connectivity index (χ3n) is 4.18. The van der Waals surface area contributed by atoms with Crippen LogP contribution in [-0.4, -0.2) is 43.7 Å². The molecule has 4 nitrogen and oxygen atoms in total. The highest BCUT2D eigenvalue weighted by atomic mass is 16.5. The fourth-order valence-corrected chi connectivity index (χ4v) is 2.73. The fourth-order valence-electron chi connectivity index (χ4n) is 2.73. The molecule has 0 spiro atoms. The summed E-state index contributed by atoms with van der Waals surface area (Å²) in [6, 6.07) is 10.7. The molecule has 116 valence electrons. The lowest BCUT2D eigenvalue weighted by molar-refractivity contribution is -0.122. The first kappa shape index (κ1) is 16.0. The van der Waals surface area contributed by atoms with E-state index in [1.807, 2.05) is 37.3 Å². The normalized spacial score (nSPS) is 17.7. The van der Waals surface area contributed by atoms with E-state index in [0.29, 0.717) is 12.5 Å². The Bertz CT molecular complexity index is 430. The van der Waals surface area contributed by atoms with E-state index in [1.165, 1.54) is 0 Å². The number of carbonyl (C=O) groups excluding carboxylic acids is 1. The van der Waals surface area contributed by atoms with E-state index in [2.05, 4.69) is 17.3 Å². The van der Waals surface area contributed by atoms with Gasteiger partial charge in [0.15, 0.2) is 0 Å². The van der Waals surface area contributed by atoms with Crippen LogP contribution in [0, 0.1) is 0 Å². The number of rotatable bonds is 6. The Morgan fingerprint density at radius 1 is 1.33 bits per heavy atom. The Labute approximate surface area is 127 Å². The highest BCUT2D eigenvalue weighted by molar-refractivity contribution is 5.76. The number of hydrogen-bond donors (Lipinski definition) is 1. The summed E-state index contributed by atoms with van der Waals surface area (Å²) < 4.78 is 5.37. The molecule has 4 heteroatoms. The van der Waals surface area contributed by atoms with Gasteiger partial charge in [0, 0.05) is 32.2 Å². The van der Waals surface area contributed by atoms with Crippen LogP contribution >= 0.6 is 0 Å². The fraction of sp³-hybridized carbons (Fsp3) is 0.588. The van der Waals surface area contributed by atoms with Crippen LogP contribution in [0.15, 0.2) is 30.3 Å². The van der Waals surface area contributed by atoms with E-state index in [4.69, 9.17) is 4.74 Å². The molecule has 0 saturated carbocycles. The van der Waals surface area contributed by atoms with Gasteiger partial charge in [-0.05, 0) is 32.4 Å². The first-order valence-corrected chi connectivity index (χ1v) is 7.79. The molecule has 1 aliphatic heterocycles. The largest absolute Gasteiger partial charge is 0.381 e. The van der Waals surface area contributed by atoms with E-state index in [9.17, 15) is 4.79 Å². The summed E-state index contributed by atoms with van der Waals surface area (Å²) >= 11 is 0. The predicted molar refractivity (Wildman–Crippen MR) is 84.1 cm³/mol. The Kier molecular flexibility index (Phi) is 6.21. The molecule has 1 aliphatic rings. The van der Waals surface area contributed by atoms with Gasteiger partial charge >= 0.3 is 0 Å². The Hall–Kier alpha value is -1.39. The molecule has 1 N–H and O–H groups in total. The molecule has 0 radical (unpaired) electrons. The molecule has 0 bridgehead atoms. The molecule has 1 aromatic carbocycles. The van der Waals surface area contributed by atoms with Gasteiger partial charge in [0.25, 0.3) is 0 Å². The van der Waals surface area contributed by atoms with Gasteiger partial charge in [-0.15, -0.1) is 0 Å². The van der Waals surface area contributed by atoms with E-state index >= 15 is 0 Å².